The zero-order valence-corrected chi connectivity index (χ0v) is 14.6. The first-order valence-corrected chi connectivity index (χ1v) is 7.79. The molecule has 1 heterocycles. The van der Waals surface area contributed by atoms with E-state index in [-0.39, 0.29) is 27.7 Å². The van der Waals surface area contributed by atoms with E-state index in [0.29, 0.717) is 12.1 Å². The van der Waals surface area contributed by atoms with Gasteiger partial charge in [-0.1, -0.05) is 17.7 Å². The highest BCUT2D eigenvalue weighted by Crippen LogP contribution is 2.37. The van der Waals surface area contributed by atoms with Crippen LogP contribution in [0.5, 0.6) is 0 Å². The van der Waals surface area contributed by atoms with E-state index in [0.717, 1.165) is 11.0 Å². The van der Waals surface area contributed by atoms with Crippen LogP contribution in [0.1, 0.15) is 18.2 Å². The second-order valence-corrected chi connectivity index (χ2v) is 5.76. The highest BCUT2D eigenvalue weighted by molar-refractivity contribution is 6.32. The Kier molecular flexibility index (Phi) is 5.86. The molecule has 0 radical (unpaired) electrons. The Morgan fingerprint density at radius 3 is 2.73 bits per heavy atom. The molecule has 2 rings (SSSR count). The first kappa shape index (κ1) is 19.3. The van der Waals surface area contributed by atoms with Crippen molar-refractivity contribution in [1.82, 2.24) is 10.2 Å². The molecule has 0 aliphatic carbocycles. The van der Waals surface area contributed by atoms with Gasteiger partial charge in [-0.3, -0.25) is 15.0 Å². The minimum absolute atomic E-state index is 0.0259. The van der Waals surface area contributed by atoms with Crippen LogP contribution in [0.2, 0.25) is 5.15 Å². The van der Waals surface area contributed by atoms with E-state index in [1.807, 2.05) is 0 Å². The lowest BCUT2D eigenvalue weighted by molar-refractivity contribution is -0.384. The zero-order chi connectivity index (χ0) is 19.4. The van der Waals surface area contributed by atoms with E-state index < -0.39 is 17.1 Å². The fraction of sp³-hybridized carbons (Fsp3) is 0.188. The Labute approximate surface area is 153 Å². The predicted octanol–water partition coefficient (Wildman–Crippen LogP) is 3.40. The third-order valence-electron chi connectivity index (χ3n) is 3.71. The summed E-state index contributed by atoms with van der Waals surface area (Å²) >= 11 is 6.08. The van der Waals surface area contributed by atoms with Crippen molar-refractivity contribution in [2.75, 3.05) is 11.9 Å². The van der Waals surface area contributed by atoms with Crippen molar-refractivity contribution >= 4 is 29.1 Å². The molecule has 0 saturated carbocycles. The highest BCUT2D eigenvalue weighted by Gasteiger charge is 2.22. The monoisotopic (exact) mass is 377 g/mol. The van der Waals surface area contributed by atoms with Gasteiger partial charge in [-0.05, 0) is 24.6 Å². The van der Waals surface area contributed by atoms with E-state index in [1.54, 1.807) is 6.08 Å². The van der Waals surface area contributed by atoms with Crippen LogP contribution in [0.15, 0.2) is 36.9 Å². The lowest BCUT2D eigenvalue weighted by Gasteiger charge is -2.15. The Balaban J connectivity index is 2.60. The molecule has 0 saturated heterocycles. The van der Waals surface area contributed by atoms with Gasteiger partial charge in [-0.25, -0.2) is 4.79 Å². The van der Waals surface area contributed by atoms with Gasteiger partial charge < -0.3 is 10.8 Å². The molecular weight excluding hydrogens is 362 g/mol. The molecule has 0 fully saturated rings. The Morgan fingerprint density at radius 2 is 2.15 bits per heavy atom. The number of anilines is 1. The second kappa shape index (κ2) is 7.89. The van der Waals surface area contributed by atoms with Crippen molar-refractivity contribution in [3.8, 4) is 11.1 Å². The van der Waals surface area contributed by atoms with Gasteiger partial charge in [0.2, 0.25) is 0 Å². The molecule has 0 bridgehead atoms. The Morgan fingerprint density at radius 1 is 1.46 bits per heavy atom. The van der Waals surface area contributed by atoms with Gasteiger partial charge in [0.15, 0.2) is 5.15 Å². The highest BCUT2D eigenvalue weighted by atomic mass is 35.5. The molecule has 0 aliphatic heterocycles. The van der Waals surface area contributed by atoms with Gasteiger partial charge in [0.1, 0.15) is 0 Å². The summed E-state index contributed by atoms with van der Waals surface area (Å²) in [5.41, 5.74) is 6.69. The number of hydrogen-bond acceptors (Lipinski definition) is 6. The van der Waals surface area contributed by atoms with Crippen molar-refractivity contribution in [1.29, 1.82) is 0 Å². The molecule has 136 valence electrons. The smallest absolute Gasteiger partial charge is 0.411 e. The van der Waals surface area contributed by atoms with Crippen molar-refractivity contribution in [3.05, 3.63) is 57.9 Å². The van der Waals surface area contributed by atoms with Gasteiger partial charge in [0.05, 0.1) is 27.9 Å². The number of benzene rings is 1. The lowest BCUT2D eigenvalue weighted by Crippen LogP contribution is -2.23. The molecule has 9 nitrogen and oxygen atoms in total. The van der Waals surface area contributed by atoms with Gasteiger partial charge in [0.25, 0.3) is 5.69 Å². The van der Waals surface area contributed by atoms with Gasteiger partial charge in [0, 0.05) is 18.7 Å². The minimum Gasteiger partial charge on any atom is -0.465 e. The first-order valence-electron chi connectivity index (χ1n) is 7.41. The molecule has 0 aliphatic rings. The fourth-order valence-electron chi connectivity index (χ4n) is 2.28. The van der Waals surface area contributed by atoms with Crippen LogP contribution in [-0.4, -0.2) is 33.4 Å². The SMILES string of the molecule is C=CC[C@H](N)c1cc(-c2ccc(N(C)C(=O)O)cc2[N+](=O)[O-])c(Cl)nn1. The number of nitro groups is 1. The van der Waals surface area contributed by atoms with E-state index in [4.69, 9.17) is 22.4 Å². The number of halogens is 1. The van der Waals surface area contributed by atoms with Gasteiger partial charge in [-0.15, -0.1) is 11.7 Å². The molecule has 1 amide bonds. The summed E-state index contributed by atoms with van der Waals surface area (Å²) in [6.07, 6.45) is 0.827. The summed E-state index contributed by atoms with van der Waals surface area (Å²) < 4.78 is 0. The number of nitro benzene ring substituents is 1. The number of carbonyl (C=O) groups is 1. The van der Waals surface area contributed by atoms with Crippen molar-refractivity contribution < 1.29 is 14.8 Å². The maximum absolute atomic E-state index is 11.5. The molecule has 0 spiro atoms. The van der Waals surface area contributed by atoms with E-state index in [9.17, 15) is 14.9 Å². The molecular formula is C16H16ClN5O4. The van der Waals surface area contributed by atoms with Crippen LogP contribution < -0.4 is 10.6 Å². The van der Waals surface area contributed by atoms with Gasteiger partial charge in [-0.2, -0.15) is 5.10 Å². The van der Waals surface area contributed by atoms with E-state index in [2.05, 4.69) is 16.8 Å². The number of hydrogen-bond donors (Lipinski definition) is 2. The summed E-state index contributed by atoms with van der Waals surface area (Å²) in [6.45, 7) is 3.61. The standard InChI is InChI=1S/C16H16ClN5O4/c1-3-4-12(18)13-8-11(15(17)20-19-13)10-6-5-9(21(2)16(23)24)7-14(10)22(25)26/h3,5-8,12H,1,4,18H2,2H3,(H,23,24)/t12-/m0/s1. The third-order valence-corrected chi connectivity index (χ3v) is 3.99. The third kappa shape index (κ3) is 3.95. The molecule has 26 heavy (non-hydrogen) atoms. The fourth-order valence-corrected chi connectivity index (χ4v) is 2.47. The summed E-state index contributed by atoms with van der Waals surface area (Å²) in [7, 11) is 1.29. The van der Waals surface area contributed by atoms with Crippen molar-refractivity contribution in [3.63, 3.8) is 0 Å². The predicted molar refractivity (Wildman–Crippen MR) is 97.3 cm³/mol. The number of rotatable bonds is 6. The van der Waals surface area contributed by atoms with Crippen LogP contribution in [0, 0.1) is 10.1 Å². The summed E-state index contributed by atoms with van der Waals surface area (Å²) in [6, 6.07) is 5.07. The quantitative estimate of drug-likeness (QED) is 0.447. The maximum Gasteiger partial charge on any atom is 0.411 e. The minimum atomic E-state index is -1.24. The molecule has 3 N–H and O–H groups in total. The Bertz CT molecular complexity index is 874. The van der Waals surface area contributed by atoms with E-state index >= 15 is 0 Å². The molecule has 0 unspecified atom stereocenters. The van der Waals surface area contributed by atoms with Crippen LogP contribution in [0.3, 0.4) is 0 Å². The lowest BCUT2D eigenvalue weighted by atomic mass is 10.0. The number of aromatic nitrogens is 2. The number of nitrogens with two attached hydrogens (primary N) is 1. The largest absolute Gasteiger partial charge is 0.465 e. The molecule has 1 aromatic carbocycles. The van der Waals surface area contributed by atoms with Crippen LogP contribution in [-0.2, 0) is 0 Å². The molecule has 1 atom stereocenters. The number of nitrogens with zero attached hydrogens (tertiary/aromatic N) is 4. The van der Waals surface area contributed by atoms with Gasteiger partial charge >= 0.3 is 6.09 Å². The molecule has 10 heteroatoms. The van der Waals surface area contributed by atoms with Crippen molar-refractivity contribution in [2.24, 2.45) is 5.73 Å². The molecule has 2 aromatic rings. The maximum atomic E-state index is 11.5. The normalized spacial score (nSPS) is 11.7. The number of carboxylic acid groups (broad SMARTS) is 1. The van der Waals surface area contributed by atoms with Crippen LogP contribution >= 0.6 is 11.6 Å². The summed E-state index contributed by atoms with van der Waals surface area (Å²) in [5, 5.41) is 28.2. The summed E-state index contributed by atoms with van der Waals surface area (Å²) in [4.78, 5) is 22.8. The number of amides is 1. The Hall–Kier alpha value is -3.04. The summed E-state index contributed by atoms with van der Waals surface area (Å²) in [5.74, 6) is 0. The second-order valence-electron chi connectivity index (χ2n) is 5.40. The topological polar surface area (TPSA) is 135 Å². The van der Waals surface area contributed by atoms with Crippen LogP contribution in [0.25, 0.3) is 11.1 Å². The van der Waals surface area contributed by atoms with Crippen molar-refractivity contribution in [2.45, 2.75) is 12.5 Å². The van der Waals surface area contributed by atoms with E-state index in [1.165, 1.54) is 25.2 Å². The zero-order valence-electron chi connectivity index (χ0n) is 13.8. The average molecular weight is 378 g/mol. The first-order chi connectivity index (χ1) is 12.3. The molecule has 1 aromatic heterocycles. The average Bonchev–Trinajstić information content (AvgIpc) is 2.61. The van der Waals surface area contributed by atoms with Crippen LogP contribution in [0.4, 0.5) is 16.2 Å².